The van der Waals surface area contributed by atoms with Gasteiger partial charge in [-0.25, -0.2) is 4.79 Å². The average molecular weight is 241 g/mol. The van der Waals surface area contributed by atoms with Crippen LogP contribution in [0.1, 0.15) is 9.67 Å². The number of carbonyl (C=O) groups is 2. The van der Waals surface area contributed by atoms with E-state index < -0.39 is 0 Å². The van der Waals surface area contributed by atoms with E-state index in [-0.39, 0.29) is 11.9 Å². The molecular weight excluding hydrogens is 226 g/mol. The maximum absolute atomic E-state index is 11.5. The van der Waals surface area contributed by atoms with Crippen molar-refractivity contribution < 1.29 is 9.59 Å². The zero-order chi connectivity index (χ0) is 12.0. The van der Waals surface area contributed by atoms with Crippen LogP contribution in [0.15, 0.2) is 17.5 Å². The highest BCUT2D eigenvalue weighted by Gasteiger charge is 2.05. The molecule has 0 unspecified atom stereocenters. The Labute approximate surface area is 98.4 Å². The molecule has 88 valence electrons. The largest absolute Gasteiger partial charge is 0.350 e. The van der Waals surface area contributed by atoms with Crippen molar-refractivity contribution in [2.24, 2.45) is 0 Å². The molecule has 0 saturated heterocycles. The van der Waals surface area contributed by atoms with Gasteiger partial charge in [0.05, 0.1) is 4.88 Å². The van der Waals surface area contributed by atoms with Crippen molar-refractivity contribution in [1.82, 2.24) is 15.5 Å². The lowest BCUT2D eigenvalue weighted by molar-refractivity contribution is 0.0957. The Morgan fingerprint density at radius 1 is 1.31 bits per heavy atom. The van der Waals surface area contributed by atoms with E-state index in [0.29, 0.717) is 18.0 Å². The van der Waals surface area contributed by atoms with Crippen LogP contribution in [0.25, 0.3) is 0 Å². The van der Waals surface area contributed by atoms with Gasteiger partial charge in [0.15, 0.2) is 0 Å². The normalized spacial score (nSPS) is 9.62. The Balaban J connectivity index is 2.17. The Hall–Kier alpha value is -1.56. The Morgan fingerprint density at radius 3 is 2.56 bits per heavy atom. The van der Waals surface area contributed by atoms with E-state index in [1.54, 1.807) is 20.2 Å². The van der Waals surface area contributed by atoms with Crippen LogP contribution in [0.2, 0.25) is 0 Å². The summed E-state index contributed by atoms with van der Waals surface area (Å²) < 4.78 is 0. The first-order valence-corrected chi connectivity index (χ1v) is 5.76. The third-order valence-electron chi connectivity index (χ3n) is 1.84. The summed E-state index contributed by atoms with van der Waals surface area (Å²) in [7, 11) is 3.33. The smallest absolute Gasteiger partial charge is 0.316 e. The Bertz CT molecular complexity index is 349. The van der Waals surface area contributed by atoms with Crippen LogP contribution in [0.3, 0.4) is 0 Å². The van der Waals surface area contributed by atoms with Gasteiger partial charge in [0.2, 0.25) is 0 Å². The fourth-order valence-electron chi connectivity index (χ4n) is 0.998. The summed E-state index contributed by atoms with van der Waals surface area (Å²) in [5.41, 5.74) is 0. The number of thiophene rings is 1. The SMILES string of the molecule is CN(C)C(=O)NCCNC(=O)c1cccs1. The van der Waals surface area contributed by atoms with Gasteiger partial charge >= 0.3 is 6.03 Å². The second kappa shape index (κ2) is 6.12. The Kier molecular flexibility index (Phi) is 4.78. The molecule has 0 bridgehead atoms. The van der Waals surface area contributed by atoms with Crippen molar-refractivity contribution in [2.75, 3.05) is 27.2 Å². The molecule has 1 aromatic heterocycles. The van der Waals surface area contributed by atoms with E-state index in [2.05, 4.69) is 10.6 Å². The van der Waals surface area contributed by atoms with Crippen LogP contribution in [0.5, 0.6) is 0 Å². The molecule has 1 rings (SSSR count). The fourth-order valence-corrected chi connectivity index (χ4v) is 1.64. The monoisotopic (exact) mass is 241 g/mol. The molecule has 0 saturated carbocycles. The first-order chi connectivity index (χ1) is 7.61. The summed E-state index contributed by atoms with van der Waals surface area (Å²) in [6.07, 6.45) is 0. The van der Waals surface area contributed by atoms with Gasteiger partial charge in [-0.3, -0.25) is 4.79 Å². The Morgan fingerprint density at radius 2 is 2.00 bits per heavy atom. The molecule has 0 aromatic carbocycles. The molecule has 0 aliphatic rings. The second-order valence-corrected chi connectivity index (χ2v) is 4.31. The molecule has 1 aromatic rings. The van der Waals surface area contributed by atoms with Crippen molar-refractivity contribution in [3.05, 3.63) is 22.4 Å². The van der Waals surface area contributed by atoms with Gasteiger partial charge in [-0.1, -0.05) is 6.07 Å². The van der Waals surface area contributed by atoms with E-state index >= 15 is 0 Å². The molecule has 0 radical (unpaired) electrons. The highest BCUT2D eigenvalue weighted by molar-refractivity contribution is 7.12. The van der Waals surface area contributed by atoms with Crippen LogP contribution in [-0.2, 0) is 0 Å². The molecule has 6 heteroatoms. The average Bonchev–Trinajstić information content (AvgIpc) is 2.76. The third kappa shape index (κ3) is 3.90. The summed E-state index contributed by atoms with van der Waals surface area (Å²) in [5.74, 6) is -0.103. The number of nitrogens with one attached hydrogen (secondary N) is 2. The van der Waals surface area contributed by atoms with E-state index in [9.17, 15) is 9.59 Å². The summed E-state index contributed by atoms with van der Waals surface area (Å²) in [6.45, 7) is 0.852. The minimum Gasteiger partial charge on any atom is -0.350 e. The number of nitrogens with zero attached hydrogens (tertiary/aromatic N) is 1. The summed E-state index contributed by atoms with van der Waals surface area (Å²) in [5, 5.41) is 7.23. The van der Waals surface area contributed by atoms with Crippen molar-refractivity contribution >= 4 is 23.3 Å². The maximum Gasteiger partial charge on any atom is 0.316 e. The minimum absolute atomic E-state index is 0.103. The highest BCUT2D eigenvalue weighted by Crippen LogP contribution is 2.07. The predicted octanol–water partition coefficient (Wildman–Crippen LogP) is 0.749. The van der Waals surface area contributed by atoms with Gasteiger partial charge < -0.3 is 15.5 Å². The van der Waals surface area contributed by atoms with Crippen molar-refractivity contribution in [2.45, 2.75) is 0 Å². The van der Waals surface area contributed by atoms with E-state index in [4.69, 9.17) is 0 Å². The van der Waals surface area contributed by atoms with Crippen LogP contribution in [0, 0.1) is 0 Å². The standard InChI is InChI=1S/C10H15N3O2S/c1-13(2)10(15)12-6-5-11-9(14)8-4-3-7-16-8/h3-4,7H,5-6H2,1-2H3,(H,11,14)(H,12,15). The fraction of sp³-hybridized carbons (Fsp3) is 0.400. The van der Waals surface area contributed by atoms with Crippen LogP contribution in [0.4, 0.5) is 4.79 Å². The van der Waals surface area contributed by atoms with Crippen molar-refractivity contribution in [3.8, 4) is 0 Å². The number of hydrogen-bond donors (Lipinski definition) is 2. The van der Waals surface area contributed by atoms with E-state index in [0.717, 1.165) is 0 Å². The number of amides is 3. The quantitative estimate of drug-likeness (QED) is 0.764. The molecule has 1 heterocycles. The highest BCUT2D eigenvalue weighted by atomic mass is 32.1. The molecule has 0 atom stereocenters. The topological polar surface area (TPSA) is 61.4 Å². The first kappa shape index (κ1) is 12.5. The van der Waals surface area contributed by atoms with Crippen LogP contribution < -0.4 is 10.6 Å². The van der Waals surface area contributed by atoms with Gasteiger partial charge in [0.25, 0.3) is 5.91 Å². The summed E-state index contributed by atoms with van der Waals surface area (Å²) >= 11 is 1.39. The van der Waals surface area contributed by atoms with Gasteiger partial charge in [0, 0.05) is 27.2 Å². The van der Waals surface area contributed by atoms with Gasteiger partial charge in [-0.05, 0) is 11.4 Å². The molecule has 2 N–H and O–H groups in total. The van der Waals surface area contributed by atoms with Crippen LogP contribution in [-0.4, -0.2) is 44.0 Å². The van der Waals surface area contributed by atoms with Crippen LogP contribution >= 0.6 is 11.3 Å². The molecule has 3 amide bonds. The summed E-state index contributed by atoms with van der Waals surface area (Å²) in [4.78, 5) is 24.7. The second-order valence-electron chi connectivity index (χ2n) is 3.36. The molecule has 16 heavy (non-hydrogen) atoms. The molecular formula is C10H15N3O2S. The predicted molar refractivity (Wildman–Crippen MR) is 63.7 cm³/mol. The molecule has 0 aliphatic carbocycles. The third-order valence-corrected chi connectivity index (χ3v) is 2.71. The zero-order valence-corrected chi connectivity index (χ0v) is 10.1. The number of urea groups is 1. The van der Waals surface area contributed by atoms with Crippen molar-refractivity contribution in [1.29, 1.82) is 0 Å². The number of hydrogen-bond acceptors (Lipinski definition) is 3. The number of rotatable bonds is 4. The first-order valence-electron chi connectivity index (χ1n) is 4.88. The van der Waals surface area contributed by atoms with Crippen molar-refractivity contribution in [3.63, 3.8) is 0 Å². The molecule has 0 spiro atoms. The lowest BCUT2D eigenvalue weighted by Crippen LogP contribution is -2.39. The van der Waals surface area contributed by atoms with Gasteiger partial charge in [-0.2, -0.15) is 0 Å². The molecule has 0 fully saturated rings. The summed E-state index contributed by atoms with van der Waals surface area (Å²) in [6, 6.07) is 3.43. The molecule has 5 nitrogen and oxygen atoms in total. The molecule has 0 aliphatic heterocycles. The lowest BCUT2D eigenvalue weighted by Gasteiger charge is -2.11. The minimum atomic E-state index is -0.162. The van der Waals surface area contributed by atoms with Gasteiger partial charge in [0.1, 0.15) is 0 Å². The lowest BCUT2D eigenvalue weighted by atomic mass is 10.4. The van der Waals surface area contributed by atoms with Gasteiger partial charge in [-0.15, -0.1) is 11.3 Å². The maximum atomic E-state index is 11.5. The number of carbonyl (C=O) groups excluding carboxylic acids is 2. The zero-order valence-electron chi connectivity index (χ0n) is 9.32. The van der Waals surface area contributed by atoms with E-state index in [1.165, 1.54) is 16.2 Å². The van der Waals surface area contributed by atoms with E-state index in [1.807, 2.05) is 11.4 Å².